The van der Waals surface area contributed by atoms with Crippen molar-refractivity contribution in [3.05, 3.63) is 158 Å². The van der Waals surface area contributed by atoms with E-state index in [0.29, 0.717) is 0 Å². The van der Waals surface area contributed by atoms with Crippen LogP contribution in [0, 0.1) is 0 Å². The molecule has 0 radical (unpaired) electrons. The summed E-state index contributed by atoms with van der Waals surface area (Å²) < 4.78 is 2.67. The maximum absolute atomic E-state index is 2.46. The summed E-state index contributed by atoms with van der Waals surface area (Å²) in [6.45, 7) is 0. The Balaban J connectivity index is 1.34. The Morgan fingerprint density at radius 2 is 0.778 bits per heavy atom. The van der Waals surface area contributed by atoms with Gasteiger partial charge < -0.3 is 0 Å². The van der Waals surface area contributed by atoms with Gasteiger partial charge in [-0.3, -0.25) is 0 Å². The van der Waals surface area contributed by atoms with Gasteiger partial charge in [0.15, 0.2) is 0 Å². The predicted octanol–water partition coefficient (Wildman–Crippen LogP) is 13.2. The first kappa shape index (κ1) is 24.9. The summed E-state index contributed by atoms with van der Waals surface area (Å²) in [4.78, 5) is 0. The first-order valence-corrected chi connectivity index (χ1v) is 16.3. The second-order valence-corrected chi connectivity index (χ2v) is 13.1. The SMILES string of the molecule is c1ccc2cc3c(cc2c1)sc1cccc(-c2cc4c5ccccc5c(-c5cccc6ccccc56)cc4c4ccccc24)c13. The van der Waals surface area contributed by atoms with Gasteiger partial charge in [-0.05, 0) is 106 Å². The highest BCUT2D eigenvalue weighted by Gasteiger charge is 2.18. The number of hydrogen-bond donors (Lipinski definition) is 0. The number of fused-ring (bicyclic) bond motifs is 10. The average molecular weight is 587 g/mol. The molecule has 0 atom stereocenters. The Morgan fingerprint density at radius 1 is 0.267 bits per heavy atom. The molecule has 10 rings (SSSR count). The van der Waals surface area contributed by atoms with Gasteiger partial charge in [0.05, 0.1) is 0 Å². The highest BCUT2D eigenvalue weighted by atomic mass is 32.1. The molecule has 9 aromatic carbocycles. The van der Waals surface area contributed by atoms with Crippen molar-refractivity contribution >= 4 is 85.4 Å². The molecule has 0 bridgehead atoms. The minimum atomic E-state index is 1.27. The van der Waals surface area contributed by atoms with E-state index in [1.807, 2.05) is 11.3 Å². The highest BCUT2D eigenvalue weighted by molar-refractivity contribution is 7.26. The molecule has 0 aliphatic heterocycles. The number of thiophene rings is 1. The molecular formula is C44H26S. The topological polar surface area (TPSA) is 0 Å². The van der Waals surface area contributed by atoms with E-state index < -0.39 is 0 Å². The van der Waals surface area contributed by atoms with Crippen LogP contribution in [0.2, 0.25) is 0 Å². The summed E-state index contributed by atoms with van der Waals surface area (Å²) in [5, 5.41) is 15.6. The molecule has 0 aliphatic rings. The third-order valence-corrected chi connectivity index (χ3v) is 10.7. The van der Waals surface area contributed by atoms with Crippen LogP contribution < -0.4 is 0 Å². The molecule has 208 valence electrons. The first-order chi connectivity index (χ1) is 22.3. The lowest BCUT2D eigenvalue weighted by atomic mass is 9.86. The summed E-state index contributed by atoms with van der Waals surface area (Å²) in [5.41, 5.74) is 5.15. The Kier molecular flexibility index (Phi) is 5.25. The van der Waals surface area contributed by atoms with Crippen LogP contribution in [0.5, 0.6) is 0 Å². The fourth-order valence-electron chi connectivity index (χ4n) is 7.59. The van der Waals surface area contributed by atoms with E-state index in [2.05, 4.69) is 158 Å². The van der Waals surface area contributed by atoms with Gasteiger partial charge >= 0.3 is 0 Å². The molecule has 0 nitrogen and oxygen atoms in total. The van der Waals surface area contributed by atoms with Crippen molar-refractivity contribution in [2.24, 2.45) is 0 Å². The van der Waals surface area contributed by atoms with Crippen LogP contribution in [-0.4, -0.2) is 0 Å². The van der Waals surface area contributed by atoms with Crippen LogP contribution in [0.25, 0.3) is 96.3 Å². The minimum Gasteiger partial charge on any atom is -0.135 e. The number of rotatable bonds is 2. The summed E-state index contributed by atoms with van der Waals surface area (Å²) >= 11 is 1.90. The van der Waals surface area contributed by atoms with E-state index in [0.717, 1.165) is 0 Å². The van der Waals surface area contributed by atoms with E-state index in [1.165, 1.54) is 96.3 Å². The fraction of sp³-hybridized carbons (Fsp3) is 0. The average Bonchev–Trinajstić information content (AvgIpc) is 3.47. The molecule has 0 spiro atoms. The summed E-state index contributed by atoms with van der Waals surface area (Å²) in [6.07, 6.45) is 0. The molecule has 0 N–H and O–H groups in total. The summed E-state index contributed by atoms with van der Waals surface area (Å²) in [6, 6.07) is 58.5. The third kappa shape index (κ3) is 3.65. The van der Waals surface area contributed by atoms with Crippen molar-refractivity contribution in [3.8, 4) is 22.3 Å². The standard InChI is InChI=1S/C44H26S/c1-2-13-29-24-43-41(23-28(29)12-1)44-36(21-10-22-42(44)45-43)38-26-40-34-18-7-5-16-32(34)37(25-39(40)35-19-8-6-17-33(35)38)31-20-9-14-27-11-3-4-15-30(27)31/h1-26H. The molecule has 10 aromatic rings. The lowest BCUT2D eigenvalue weighted by Gasteiger charge is -2.17. The van der Waals surface area contributed by atoms with E-state index in [4.69, 9.17) is 0 Å². The second-order valence-electron chi connectivity index (χ2n) is 12.0. The van der Waals surface area contributed by atoms with E-state index >= 15 is 0 Å². The zero-order valence-electron chi connectivity index (χ0n) is 24.4. The first-order valence-electron chi connectivity index (χ1n) is 15.5. The van der Waals surface area contributed by atoms with Crippen molar-refractivity contribution in [1.82, 2.24) is 0 Å². The zero-order valence-corrected chi connectivity index (χ0v) is 25.2. The van der Waals surface area contributed by atoms with Crippen molar-refractivity contribution in [3.63, 3.8) is 0 Å². The maximum atomic E-state index is 2.46. The molecule has 1 aromatic heterocycles. The van der Waals surface area contributed by atoms with Crippen LogP contribution >= 0.6 is 11.3 Å². The van der Waals surface area contributed by atoms with Gasteiger partial charge in [0, 0.05) is 20.2 Å². The second kappa shape index (κ2) is 9.50. The minimum absolute atomic E-state index is 1.27. The monoisotopic (exact) mass is 586 g/mol. The summed E-state index contributed by atoms with van der Waals surface area (Å²) in [7, 11) is 0. The fourth-order valence-corrected chi connectivity index (χ4v) is 8.76. The molecule has 0 saturated carbocycles. The van der Waals surface area contributed by atoms with E-state index in [-0.39, 0.29) is 0 Å². The van der Waals surface area contributed by atoms with E-state index in [1.54, 1.807) is 0 Å². The van der Waals surface area contributed by atoms with Crippen molar-refractivity contribution in [2.45, 2.75) is 0 Å². The summed E-state index contributed by atoms with van der Waals surface area (Å²) in [5.74, 6) is 0. The van der Waals surface area contributed by atoms with E-state index in [9.17, 15) is 0 Å². The Labute approximate surface area is 264 Å². The quantitative estimate of drug-likeness (QED) is 0.177. The van der Waals surface area contributed by atoms with Crippen LogP contribution in [0.4, 0.5) is 0 Å². The van der Waals surface area contributed by atoms with Crippen LogP contribution in [0.15, 0.2) is 158 Å². The highest BCUT2D eigenvalue weighted by Crippen LogP contribution is 2.46. The van der Waals surface area contributed by atoms with Gasteiger partial charge in [0.1, 0.15) is 0 Å². The Hall–Kier alpha value is -5.50. The van der Waals surface area contributed by atoms with Gasteiger partial charge in [0.25, 0.3) is 0 Å². The Bertz CT molecular complexity index is 2810. The van der Waals surface area contributed by atoms with Crippen LogP contribution in [-0.2, 0) is 0 Å². The van der Waals surface area contributed by atoms with Gasteiger partial charge in [0.2, 0.25) is 0 Å². The molecule has 1 heteroatoms. The third-order valence-electron chi connectivity index (χ3n) is 9.62. The molecule has 0 amide bonds. The lowest BCUT2D eigenvalue weighted by Crippen LogP contribution is -1.90. The van der Waals surface area contributed by atoms with Gasteiger partial charge in [-0.1, -0.05) is 127 Å². The number of benzene rings is 9. The molecule has 0 aliphatic carbocycles. The molecular weight excluding hydrogens is 561 g/mol. The predicted molar refractivity (Wildman–Crippen MR) is 198 cm³/mol. The Morgan fingerprint density at radius 3 is 1.49 bits per heavy atom. The molecule has 0 saturated heterocycles. The van der Waals surface area contributed by atoms with Crippen LogP contribution in [0.3, 0.4) is 0 Å². The van der Waals surface area contributed by atoms with Crippen molar-refractivity contribution in [1.29, 1.82) is 0 Å². The van der Waals surface area contributed by atoms with Crippen molar-refractivity contribution in [2.75, 3.05) is 0 Å². The smallest absolute Gasteiger partial charge is 0.0362 e. The largest absolute Gasteiger partial charge is 0.135 e. The van der Waals surface area contributed by atoms with Gasteiger partial charge in [-0.15, -0.1) is 11.3 Å². The maximum Gasteiger partial charge on any atom is 0.0362 e. The van der Waals surface area contributed by atoms with Gasteiger partial charge in [-0.25, -0.2) is 0 Å². The zero-order chi connectivity index (χ0) is 29.5. The lowest BCUT2D eigenvalue weighted by molar-refractivity contribution is 1.70. The number of hydrogen-bond acceptors (Lipinski definition) is 1. The molecule has 1 heterocycles. The van der Waals surface area contributed by atoms with Gasteiger partial charge in [-0.2, -0.15) is 0 Å². The van der Waals surface area contributed by atoms with Crippen LogP contribution in [0.1, 0.15) is 0 Å². The normalized spacial score (nSPS) is 12.0. The molecule has 0 fully saturated rings. The van der Waals surface area contributed by atoms with Crippen molar-refractivity contribution < 1.29 is 0 Å². The molecule has 0 unspecified atom stereocenters. The molecule has 45 heavy (non-hydrogen) atoms.